The molecule has 9 heteroatoms. The predicted molar refractivity (Wildman–Crippen MR) is 184 cm³/mol. The molecule has 256 valence electrons. The number of carbonyl (C=O) groups excluding carboxylic acids is 1. The average molecular weight is 664 g/mol. The van der Waals surface area contributed by atoms with E-state index in [1.54, 1.807) is 25.1 Å². The first-order valence-corrected chi connectivity index (χ1v) is 16.2. The van der Waals surface area contributed by atoms with Crippen molar-refractivity contribution in [3.8, 4) is 17.2 Å². The number of aryl methyl sites for hydroxylation is 2. The molecule has 0 saturated heterocycles. The van der Waals surface area contributed by atoms with Crippen molar-refractivity contribution in [3.63, 3.8) is 0 Å². The summed E-state index contributed by atoms with van der Waals surface area (Å²) in [6, 6.07) is 15.2. The number of hydrogen-bond acceptors (Lipinski definition) is 6. The highest BCUT2D eigenvalue weighted by Crippen LogP contribution is 2.40. The van der Waals surface area contributed by atoms with Gasteiger partial charge in [0.25, 0.3) is 5.76 Å². The van der Waals surface area contributed by atoms with E-state index in [0.29, 0.717) is 19.0 Å². The Bertz CT molecular complexity index is 1830. The van der Waals surface area contributed by atoms with Gasteiger partial charge in [-0.05, 0) is 84.2 Å². The van der Waals surface area contributed by atoms with E-state index in [0.717, 1.165) is 22.3 Å². The van der Waals surface area contributed by atoms with E-state index >= 15 is 0 Å². The second kappa shape index (κ2) is 15.2. The average Bonchev–Trinajstić information content (AvgIpc) is 2.99. The van der Waals surface area contributed by atoms with Crippen LogP contribution in [0.1, 0.15) is 81.0 Å². The number of ether oxygens (including phenoxy) is 2. The van der Waals surface area contributed by atoms with Crippen LogP contribution in [0.2, 0.25) is 0 Å². The number of hydrogen-bond donors (Lipinski definition) is 0. The maximum Gasteiger partial charge on any atom is 0.453 e. The van der Waals surface area contributed by atoms with Crippen LogP contribution in [-0.4, -0.2) is 24.0 Å². The highest BCUT2D eigenvalue weighted by atomic mass is 19.4. The fraction of sp³-hybridized carbons (Fsp3) is 0.385. The molecule has 1 heterocycles. The second-order valence-electron chi connectivity index (χ2n) is 13.4. The summed E-state index contributed by atoms with van der Waals surface area (Å²) in [4.78, 5) is 28.9. The largest absolute Gasteiger partial charge is 0.453 e. The van der Waals surface area contributed by atoms with Crippen LogP contribution in [0.15, 0.2) is 69.9 Å². The van der Waals surface area contributed by atoms with Crippen molar-refractivity contribution in [1.82, 2.24) is 4.90 Å². The molecule has 0 bridgehead atoms. The number of benzene rings is 3. The van der Waals surface area contributed by atoms with Crippen LogP contribution in [-0.2, 0) is 17.5 Å². The minimum atomic E-state index is -5.06. The zero-order valence-electron chi connectivity index (χ0n) is 28.8. The summed E-state index contributed by atoms with van der Waals surface area (Å²) in [5.41, 5.74) is 2.52. The van der Waals surface area contributed by atoms with E-state index in [1.165, 1.54) is 24.3 Å². The number of nitrogens with zero attached hydrogens (tertiary/aromatic N) is 1. The van der Waals surface area contributed by atoms with Crippen molar-refractivity contribution in [1.29, 1.82) is 0 Å². The van der Waals surface area contributed by atoms with Crippen LogP contribution < -0.4 is 14.9 Å². The normalized spacial score (nSPS) is 12.3. The highest BCUT2D eigenvalue weighted by molar-refractivity contribution is 5.90. The van der Waals surface area contributed by atoms with Crippen LogP contribution in [0.25, 0.3) is 17.0 Å². The third-order valence-electron chi connectivity index (χ3n) is 7.89. The van der Waals surface area contributed by atoms with Gasteiger partial charge in [-0.2, -0.15) is 13.2 Å². The van der Waals surface area contributed by atoms with Crippen molar-refractivity contribution >= 4 is 23.0 Å². The minimum Gasteiger partial charge on any atom is -0.449 e. The summed E-state index contributed by atoms with van der Waals surface area (Å²) >= 11 is 0. The van der Waals surface area contributed by atoms with Gasteiger partial charge in [0, 0.05) is 25.7 Å². The number of fused-ring (bicyclic) bond motifs is 1. The molecule has 1 aromatic heterocycles. The number of carbonyl (C=O) groups is 1. The first kappa shape index (κ1) is 36.5. The molecule has 4 aromatic rings. The van der Waals surface area contributed by atoms with Gasteiger partial charge in [0.2, 0.25) is 11.2 Å². The topological polar surface area (TPSA) is 69.0 Å². The molecule has 6 nitrogen and oxygen atoms in total. The van der Waals surface area contributed by atoms with E-state index in [1.807, 2.05) is 58.9 Å². The molecular weight excluding hydrogens is 619 g/mol. The Morgan fingerprint density at radius 3 is 2.10 bits per heavy atom. The lowest BCUT2D eigenvalue weighted by molar-refractivity contribution is -0.154. The quantitative estimate of drug-likeness (QED) is 0.0854. The van der Waals surface area contributed by atoms with Crippen molar-refractivity contribution in [2.24, 2.45) is 11.8 Å². The van der Waals surface area contributed by atoms with E-state index in [9.17, 15) is 22.8 Å². The predicted octanol–water partition coefficient (Wildman–Crippen LogP) is 10.1. The highest BCUT2D eigenvalue weighted by Gasteiger charge is 2.41. The molecule has 0 unspecified atom stereocenters. The molecule has 0 aliphatic carbocycles. The molecule has 0 saturated carbocycles. The second-order valence-corrected chi connectivity index (χ2v) is 13.4. The SMILES string of the molecule is Cc1ccc(Oc2c(C(F)(F)F)oc3c(CN(CC(C)C)CC(C)C)c(OC(=O)C=Cc4ccc(C(C)C)cc4)ccc3c2=O)cc1C. The van der Waals surface area contributed by atoms with Crippen molar-refractivity contribution in [2.45, 2.75) is 74.0 Å². The van der Waals surface area contributed by atoms with Gasteiger partial charge in [-0.1, -0.05) is 71.9 Å². The Hall–Kier alpha value is -4.37. The molecule has 48 heavy (non-hydrogen) atoms. The maximum atomic E-state index is 14.6. The van der Waals surface area contributed by atoms with E-state index in [2.05, 4.69) is 18.7 Å². The summed E-state index contributed by atoms with van der Waals surface area (Å²) in [6.07, 6.45) is -2.19. The zero-order chi connectivity index (χ0) is 35.3. The first-order valence-electron chi connectivity index (χ1n) is 16.2. The van der Waals surface area contributed by atoms with E-state index in [4.69, 9.17) is 13.9 Å². The Morgan fingerprint density at radius 2 is 1.54 bits per heavy atom. The van der Waals surface area contributed by atoms with E-state index in [-0.39, 0.29) is 46.4 Å². The number of alkyl halides is 3. The summed E-state index contributed by atoms with van der Waals surface area (Å²) in [6.45, 7) is 17.3. The Labute approximate surface area is 280 Å². The van der Waals surface area contributed by atoms with Gasteiger partial charge >= 0.3 is 12.1 Å². The monoisotopic (exact) mass is 663 g/mol. The molecule has 0 N–H and O–H groups in total. The summed E-state index contributed by atoms with van der Waals surface area (Å²) in [7, 11) is 0. The molecular formula is C39H44F3NO5. The van der Waals surface area contributed by atoms with Gasteiger partial charge in [0.1, 0.15) is 17.1 Å². The number of esters is 1. The van der Waals surface area contributed by atoms with Gasteiger partial charge in [0.05, 0.1) is 10.9 Å². The fourth-order valence-electron chi connectivity index (χ4n) is 5.46. The Morgan fingerprint density at radius 1 is 0.896 bits per heavy atom. The molecule has 4 rings (SSSR count). The first-order chi connectivity index (χ1) is 22.5. The van der Waals surface area contributed by atoms with Crippen molar-refractivity contribution < 1.29 is 31.9 Å². The number of rotatable bonds is 12. The van der Waals surface area contributed by atoms with Crippen LogP contribution >= 0.6 is 0 Å². The van der Waals surface area contributed by atoms with Gasteiger partial charge in [0.15, 0.2) is 0 Å². The minimum absolute atomic E-state index is 0.00363. The van der Waals surface area contributed by atoms with Crippen molar-refractivity contribution in [2.75, 3.05) is 13.1 Å². The fourth-order valence-corrected chi connectivity index (χ4v) is 5.46. The molecule has 0 radical (unpaired) electrons. The summed E-state index contributed by atoms with van der Waals surface area (Å²) < 4.78 is 60.6. The van der Waals surface area contributed by atoms with Gasteiger partial charge in [-0.15, -0.1) is 0 Å². The molecule has 0 fully saturated rings. The van der Waals surface area contributed by atoms with Crippen LogP contribution in [0.3, 0.4) is 0 Å². The summed E-state index contributed by atoms with van der Waals surface area (Å²) in [5, 5.41) is -0.119. The lowest BCUT2D eigenvalue weighted by Crippen LogP contribution is -2.31. The standard InChI is InChI=1S/C39H44F3NO5/c1-23(2)20-43(21-24(3)4)22-32-33(47-34(44)18-12-28-10-13-29(14-11-28)25(5)6)17-16-31-35(45)37(38(39(40,41)42)48-36(31)32)46-30-15-9-26(7)27(8)19-30/h9-19,23-25H,20-22H2,1-8H3. The van der Waals surface area contributed by atoms with Gasteiger partial charge < -0.3 is 13.9 Å². The zero-order valence-corrected chi connectivity index (χ0v) is 28.8. The van der Waals surface area contributed by atoms with Crippen molar-refractivity contribution in [3.05, 3.63) is 104 Å². The molecule has 0 amide bonds. The van der Waals surface area contributed by atoms with Crippen LogP contribution in [0, 0.1) is 25.7 Å². The molecule has 0 spiro atoms. The third-order valence-corrected chi connectivity index (χ3v) is 7.89. The number of halogens is 3. The Balaban J connectivity index is 1.84. The lowest BCUT2D eigenvalue weighted by atomic mass is 10.0. The van der Waals surface area contributed by atoms with Gasteiger partial charge in [-0.3, -0.25) is 9.69 Å². The molecule has 0 atom stereocenters. The van der Waals surface area contributed by atoms with E-state index < -0.39 is 29.1 Å². The van der Waals surface area contributed by atoms with Crippen LogP contribution in [0.5, 0.6) is 17.2 Å². The molecule has 0 aliphatic heterocycles. The summed E-state index contributed by atoms with van der Waals surface area (Å²) in [5.74, 6) is -2.35. The Kier molecular flexibility index (Phi) is 11.6. The smallest absolute Gasteiger partial charge is 0.449 e. The van der Waals surface area contributed by atoms with Crippen LogP contribution in [0.4, 0.5) is 13.2 Å². The molecule has 3 aromatic carbocycles. The van der Waals surface area contributed by atoms with Gasteiger partial charge in [-0.25, -0.2) is 4.79 Å². The lowest BCUT2D eigenvalue weighted by Gasteiger charge is -2.27. The third kappa shape index (κ3) is 9.16. The molecule has 0 aliphatic rings. The maximum absolute atomic E-state index is 14.6.